The van der Waals surface area contributed by atoms with E-state index in [2.05, 4.69) is 5.32 Å². The molecule has 1 fully saturated rings. The lowest BCUT2D eigenvalue weighted by Crippen LogP contribution is -2.32. The number of nitrogens with one attached hydrogen (secondary N) is 1. The van der Waals surface area contributed by atoms with Crippen molar-refractivity contribution in [1.82, 2.24) is 10.2 Å². The molecule has 6 heteroatoms. The molecule has 0 saturated carbocycles. The highest BCUT2D eigenvalue weighted by Gasteiger charge is 2.41. The van der Waals surface area contributed by atoms with Crippen LogP contribution >= 0.6 is 0 Å². The van der Waals surface area contributed by atoms with Crippen molar-refractivity contribution in [2.45, 2.75) is 45.1 Å². The minimum Gasteiger partial charge on any atom is -0.322 e. The van der Waals surface area contributed by atoms with E-state index < -0.39 is 23.9 Å². The Kier molecular flexibility index (Phi) is 4.56. The number of alkyl halides is 3. The number of amides is 1. The van der Waals surface area contributed by atoms with Gasteiger partial charge in [-0.05, 0) is 19.4 Å². The third kappa shape index (κ3) is 3.20. The summed E-state index contributed by atoms with van der Waals surface area (Å²) in [6, 6.07) is 4.96. The van der Waals surface area contributed by atoms with Gasteiger partial charge in [-0.2, -0.15) is 13.2 Å². The second-order valence-corrected chi connectivity index (χ2v) is 5.26. The Morgan fingerprint density at radius 1 is 1.29 bits per heavy atom. The van der Waals surface area contributed by atoms with E-state index in [1.54, 1.807) is 13.0 Å². The van der Waals surface area contributed by atoms with Crippen LogP contribution in [0, 0.1) is 0 Å². The molecule has 1 amide bonds. The smallest absolute Gasteiger partial charge is 0.322 e. The Balaban J connectivity index is 2.38. The molecular formula is C15H19F3N2O. The van der Waals surface area contributed by atoms with E-state index in [9.17, 15) is 18.0 Å². The fraction of sp³-hybridized carbons (Fsp3) is 0.533. The zero-order valence-corrected chi connectivity index (χ0v) is 12.1. The van der Waals surface area contributed by atoms with Crippen molar-refractivity contribution in [3.63, 3.8) is 0 Å². The molecule has 0 radical (unpaired) electrons. The Hall–Kier alpha value is -1.56. The summed E-state index contributed by atoms with van der Waals surface area (Å²) in [5.41, 5.74) is -0.579. The van der Waals surface area contributed by atoms with Gasteiger partial charge in [0.25, 0.3) is 0 Å². The van der Waals surface area contributed by atoms with Crippen molar-refractivity contribution in [3.8, 4) is 0 Å². The highest BCUT2D eigenvalue weighted by atomic mass is 19.4. The highest BCUT2D eigenvalue weighted by Crippen LogP contribution is 2.37. The van der Waals surface area contributed by atoms with Crippen molar-refractivity contribution in [2.24, 2.45) is 0 Å². The lowest BCUT2D eigenvalue weighted by Gasteiger charge is -2.26. The van der Waals surface area contributed by atoms with Crippen LogP contribution in [-0.4, -0.2) is 23.4 Å². The number of hydrogen-bond donors (Lipinski definition) is 1. The van der Waals surface area contributed by atoms with Gasteiger partial charge >= 0.3 is 6.18 Å². The maximum Gasteiger partial charge on any atom is 0.416 e. The minimum atomic E-state index is -4.43. The molecule has 2 rings (SSSR count). The van der Waals surface area contributed by atoms with E-state index in [4.69, 9.17) is 0 Å². The van der Waals surface area contributed by atoms with E-state index in [-0.39, 0.29) is 11.5 Å². The summed E-state index contributed by atoms with van der Waals surface area (Å²) >= 11 is 0. The molecule has 3 nitrogen and oxygen atoms in total. The van der Waals surface area contributed by atoms with Gasteiger partial charge in [0, 0.05) is 12.1 Å². The molecule has 1 aliphatic rings. The standard InChI is InChI=1S/C15H19F3N2O/c1-3-4-9-20-13(19-10(2)14(20)21)11-7-5-6-8-12(11)15(16,17)18/h5-8,10,13,19H,3-4,9H2,1-2H3. The SMILES string of the molecule is CCCCN1C(=O)C(C)NC1c1ccccc1C(F)(F)F. The van der Waals surface area contributed by atoms with Crippen molar-refractivity contribution in [2.75, 3.05) is 6.54 Å². The van der Waals surface area contributed by atoms with Gasteiger partial charge in [0.15, 0.2) is 0 Å². The summed E-state index contributed by atoms with van der Waals surface area (Å²) < 4.78 is 39.4. The predicted octanol–water partition coefficient (Wildman–Crippen LogP) is 3.32. The Morgan fingerprint density at radius 2 is 1.95 bits per heavy atom. The molecule has 0 aromatic heterocycles. The zero-order valence-electron chi connectivity index (χ0n) is 12.1. The Labute approximate surface area is 122 Å². The molecule has 116 valence electrons. The van der Waals surface area contributed by atoms with E-state index >= 15 is 0 Å². The summed E-state index contributed by atoms with van der Waals surface area (Å²) in [6.07, 6.45) is -3.49. The largest absolute Gasteiger partial charge is 0.416 e. The van der Waals surface area contributed by atoms with Crippen molar-refractivity contribution < 1.29 is 18.0 Å². The number of benzene rings is 1. The number of rotatable bonds is 4. The molecule has 21 heavy (non-hydrogen) atoms. The molecule has 0 aliphatic carbocycles. The summed E-state index contributed by atoms with van der Waals surface area (Å²) in [7, 11) is 0. The lowest BCUT2D eigenvalue weighted by molar-refractivity contribution is -0.139. The molecule has 2 unspecified atom stereocenters. The summed E-state index contributed by atoms with van der Waals surface area (Å²) in [4.78, 5) is 13.7. The second kappa shape index (κ2) is 6.05. The molecule has 1 saturated heterocycles. The molecule has 1 aromatic rings. The van der Waals surface area contributed by atoms with Crippen LogP contribution in [-0.2, 0) is 11.0 Å². The van der Waals surface area contributed by atoms with Gasteiger partial charge in [-0.25, -0.2) is 0 Å². The quantitative estimate of drug-likeness (QED) is 0.925. The maximum absolute atomic E-state index is 13.1. The molecule has 2 atom stereocenters. The Bertz CT molecular complexity index is 516. The molecule has 1 aliphatic heterocycles. The van der Waals surface area contributed by atoms with E-state index in [1.165, 1.54) is 17.0 Å². The first-order valence-corrected chi connectivity index (χ1v) is 7.09. The van der Waals surface area contributed by atoms with Crippen LogP contribution in [0.4, 0.5) is 13.2 Å². The van der Waals surface area contributed by atoms with Gasteiger partial charge in [-0.1, -0.05) is 31.5 Å². The number of unbranched alkanes of at least 4 members (excludes halogenated alkanes) is 1. The van der Waals surface area contributed by atoms with Crippen LogP contribution in [0.3, 0.4) is 0 Å². The van der Waals surface area contributed by atoms with Crippen LogP contribution in [0.15, 0.2) is 24.3 Å². The topological polar surface area (TPSA) is 32.3 Å². The number of carbonyl (C=O) groups excluding carboxylic acids is 1. The first-order valence-electron chi connectivity index (χ1n) is 7.09. The summed E-state index contributed by atoms with van der Waals surface area (Å²) in [5, 5.41) is 2.97. The van der Waals surface area contributed by atoms with Gasteiger partial charge in [-0.15, -0.1) is 0 Å². The molecule has 0 bridgehead atoms. The third-order valence-corrected chi connectivity index (χ3v) is 3.69. The van der Waals surface area contributed by atoms with Gasteiger partial charge in [0.05, 0.1) is 11.6 Å². The highest BCUT2D eigenvalue weighted by molar-refractivity contribution is 5.84. The van der Waals surface area contributed by atoms with Gasteiger partial charge in [0.1, 0.15) is 6.17 Å². The van der Waals surface area contributed by atoms with Crippen molar-refractivity contribution >= 4 is 5.91 Å². The Morgan fingerprint density at radius 3 is 2.57 bits per heavy atom. The van der Waals surface area contributed by atoms with Crippen LogP contribution in [0.5, 0.6) is 0 Å². The first-order chi connectivity index (χ1) is 9.86. The van der Waals surface area contributed by atoms with Gasteiger partial charge in [0.2, 0.25) is 5.91 Å². The molecule has 1 heterocycles. The molecule has 1 N–H and O–H groups in total. The van der Waals surface area contributed by atoms with Crippen molar-refractivity contribution in [3.05, 3.63) is 35.4 Å². The van der Waals surface area contributed by atoms with Gasteiger partial charge in [-0.3, -0.25) is 10.1 Å². The average Bonchev–Trinajstić information content (AvgIpc) is 2.71. The summed E-state index contributed by atoms with van der Waals surface area (Å²) in [6.45, 7) is 4.12. The molecule has 1 aromatic carbocycles. The van der Waals surface area contributed by atoms with Gasteiger partial charge < -0.3 is 4.90 Å². The van der Waals surface area contributed by atoms with E-state index in [0.29, 0.717) is 6.54 Å². The zero-order chi connectivity index (χ0) is 15.6. The average molecular weight is 300 g/mol. The first kappa shape index (κ1) is 15.8. The number of hydrogen-bond acceptors (Lipinski definition) is 2. The van der Waals surface area contributed by atoms with Crippen LogP contribution in [0.1, 0.15) is 44.0 Å². The predicted molar refractivity (Wildman–Crippen MR) is 73.4 cm³/mol. The maximum atomic E-state index is 13.1. The van der Waals surface area contributed by atoms with Crippen LogP contribution < -0.4 is 5.32 Å². The minimum absolute atomic E-state index is 0.110. The normalized spacial score (nSPS) is 22.9. The third-order valence-electron chi connectivity index (χ3n) is 3.69. The number of carbonyl (C=O) groups is 1. The fourth-order valence-corrected chi connectivity index (χ4v) is 2.59. The van der Waals surface area contributed by atoms with Crippen LogP contribution in [0.2, 0.25) is 0 Å². The number of nitrogens with zero attached hydrogens (tertiary/aromatic N) is 1. The van der Waals surface area contributed by atoms with Crippen LogP contribution in [0.25, 0.3) is 0 Å². The lowest BCUT2D eigenvalue weighted by atomic mass is 10.0. The number of halogens is 3. The fourth-order valence-electron chi connectivity index (χ4n) is 2.59. The van der Waals surface area contributed by atoms with E-state index in [0.717, 1.165) is 18.9 Å². The molecular weight excluding hydrogens is 281 g/mol. The summed E-state index contributed by atoms with van der Waals surface area (Å²) in [5.74, 6) is -0.148. The van der Waals surface area contributed by atoms with E-state index in [1.807, 2.05) is 6.92 Å². The second-order valence-electron chi connectivity index (χ2n) is 5.26. The monoisotopic (exact) mass is 300 g/mol. The van der Waals surface area contributed by atoms with Crippen molar-refractivity contribution in [1.29, 1.82) is 0 Å². The molecule has 0 spiro atoms.